The fourth-order valence-corrected chi connectivity index (χ4v) is 2.57. The second-order valence-corrected chi connectivity index (χ2v) is 5.78. The van der Waals surface area contributed by atoms with Gasteiger partial charge in [0.2, 0.25) is 0 Å². The second-order valence-electron chi connectivity index (χ2n) is 4.92. The van der Waals surface area contributed by atoms with Crippen LogP contribution in [-0.2, 0) is 23.0 Å². The number of amides is 2. The molecular formula is C14H19N5O4S. The Morgan fingerprint density at radius 2 is 2.29 bits per heavy atom. The van der Waals surface area contributed by atoms with E-state index in [1.54, 1.807) is 30.2 Å². The van der Waals surface area contributed by atoms with Crippen molar-refractivity contribution in [3.05, 3.63) is 29.0 Å². The highest BCUT2D eigenvalue weighted by atomic mass is 32.1. The Kier molecular flexibility index (Phi) is 6.27. The van der Waals surface area contributed by atoms with Crippen molar-refractivity contribution in [3.63, 3.8) is 0 Å². The van der Waals surface area contributed by atoms with Crippen molar-refractivity contribution in [2.75, 3.05) is 18.5 Å². The van der Waals surface area contributed by atoms with Gasteiger partial charge in [0.15, 0.2) is 5.13 Å². The second kappa shape index (κ2) is 8.41. The van der Waals surface area contributed by atoms with E-state index < -0.39 is 12.1 Å². The maximum Gasteiger partial charge on any atom is 0.321 e. The summed E-state index contributed by atoms with van der Waals surface area (Å²) in [5, 5.41) is 21.0. The zero-order valence-corrected chi connectivity index (χ0v) is 14.2. The molecule has 0 fully saturated rings. The van der Waals surface area contributed by atoms with Crippen LogP contribution in [0.4, 0.5) is 9.93 Å². The van der Waals surface area contributed by atoms with E-state index in [2.05, 4.69) is 20.7 Å². The molecule has 2 rings (SSSR count). The SMILES string of the molecule is CCOC(=O)Cc1csc(NC(=O)NC[C@@H](O)c2cnn(C)c2)n1. The van der Waals surface area contributed by atoms with Crippen LogP contribution < -0.4 is 10.6 Å². The number of aliphatic hydroxyl groups is 1. The number of carbonyl (C=O) groups excluding carboxylic acids is 2. The Balaban J connectivity index is 1.78. The fraction of sp³-hybridized carbons (Fsp3) is 0.429. The predicted molar refractivity (Wildman–Crippen MR) is 87.6 cm³/mol. The van der Waals surface area contributed by atoms with E-state index in [9.17, 15) is 14.7 Å². The Bertz CT molecular complexity index is 699. The number of urea groups is 1. The van der Waals surface area contributed by atoms with Crippen molar-refractivity contribution >= 4 is 28.5 Å². The van der Waals surface area contributed by atoms with E-state index in [1.165, 1.54) is 17.5 Å². The molecule has 0 unspecified atom stereocenters. The molecule has 2 amide bonds. The molecule has 0 aliphatic carbocycles. The van der Waals surface area contributed by atoms with Crippen LogP contribution in [0.5, 0.6) is 0 Å². The number of hydrogen-bond acceptors (Lipinski definition) is 7. The number of aliphatic hydroxyl groups excluding tert-OH is 1. The highest BCUT2D eigenvalue weighted by Gasteiger charge is 2.13. The highest BCUT2D eigenvalue weighted by Crippen LogP contribution is 2.16. The lowest BCUT2D eigenvalue weighted by atomic mass is 10.2. The van der Waals surface area contributed by atoms with Crippen molar-refractivity contribution < 1.29 is 19.4 Å². The van der Waals surface area contributed by atoms with Gasteiger partial charge in [-0.15, -0.1) is 11.3 Å². The molecule has 0 aliphatic heterocycles. The average Bonchev–Trinajstić information content (AvgIpc) is 3.14. The number of thiazole rings is 1. The van der Waals surface area contributed by atoms with Crippen LogP contribution in [0.2, 0.25) is 0 Å². The first-order chi connectivity index (χ1) is 11.5. The number of esters is 1. The molecule has 0 bridgehead atoms. The zero-order valence-electron chi connectivity index (χ0n) is 13.4. The highest BCUT2D eigenvalue weighted by molar-refractivity contribution is 7.13. The monoisotopic (exact) mass is 353 g/mol. The van der Waals surface area contributed by atoms with Gasteiger partial charge in [0.25, 0.3) is 0 Å². The minimum absolute atomic E-state index is 0.0403. The average molecular weight is 353 g/mol. The first-order valence-corrected chi connectivity index (χ1v) is 8.17. The summed E-state index contributed by atoms with van der Waals surface area (Å²) in [5.41, 5.74) is 1.15. The van der Waals surface area contributed by atoms with Gasteiger partial charge >= 0.3 is 12.0 Å². The molecular weight excluding hydrogens is 334 g/mol. The summed E-state index contributed by atoms with van der Waals surface area (Å²) in [4.78, 5) is 27.3. The molecule has 10 heteroatoms. The van der Waals surface area contributed by atoms with Gasteiger partial charge in [0, 0.05) is 30.7 Å². The summed E-state index contributed by atoms with van der Waals surface area (Å²) in [6.07, 6.45) is 2.42. The van der Waals surface area contributed by atoms with Gasteiger partial charge in [-0.2, -0.15) is 5.10 Å². The molecule has 0 aliphatic rings. The first kappa shape index (κ1) is 17.9. The number of ether oxygens (including phenoxy) is 1. The molecule has 2 aromatic heterocycles. The molecule has 3 N–H and O–H groups in total. The lowest BCUT2D eigenvalue weighted by molar-refractivity contribution is -0.142. The van der Waals surface area contributed by atoms with Gasteiger partial charge in [-0.3, -0.25) is 14.8 Å². The molecule has 9 nitrogen and oxygen atoms in total. The van der Waals surface area contributed by atoms with E-state index >= 15 is 0 Å². The molecule has 24 heavy (non-hydrogen) atoms. The van der Waals surface area contributed by atoms with Gasteiger partial charge in [0.1, 0.15) is 0 Å². The lowest BCUT2D eigenvalue weighted by Gasteiger charge is -2.10. The van der Waals surface area contributed by atoms with Crippen molar-refractivity contribution in [1.29, 1.82) is 0 Å². The van der Waals surface area contributed by atoms with Crippen LogP contribution in [-0.4, -0.2) is 45.0 Å². The molecule has 0 aromatic carbocycles. The minimum Gasteiger partial charge on any atom is -0.466 e. The molecule has 2 aromatic rings. The quantitative estimate of drug-likeness (QED) is 0.635. The summed E-state index contributed by atoms with van der Waals surface area (Å²) in [6, 6.07) is -0.491. The van der Waals surface area contributed by atoms with Crippen molar-refractivity contribution in [3.8, 4) is 0 Å². The first-order valence-electron chi connectivity index (χ1n) is 7.29. The molecule has 0 radical (unpaired) electrons. The van der Waals surface area contributed by atoms with Gasteiger partial charge in [-0.1, -0.05) is 0 Å². The lowest BCUT2D eigenvalue weighted by Crippen LogP contribution is -2.32. The van der Waals surface area contributed by atoms with Crippen LogP contribution in [0.25, 0.3) is 0 Å². The normalized spacial score (nSPS) is 11.8. The molecule has 2 heterocycles. The number of aryl methyl sites for hydroxylation is 1. The molecule has 0 spiro atoms. The van der Waals surface area contributed by atoms with E-state index in [0.717, 1.165) is 0 Å². The van der Waals surface area contributed by atoms with Gasteiger partial charge < -0.3 is 15.2 Å². The Morgan fingerprint density at radius 1 is 1.50 bits per heavy atom. The minimum atomic E-state index is -0.847. The number of nitrogens with one attached hydrogen (secondary N) is 2. The van der Waals surface area contributed by atoms with Crippen LogP contribution in [0.15, 0.2) is 17.8 Å². The summed E-state index contributed by atoms with van der Waals surface area (Å²) in [5.74, 6) is -0.363. The predicted octanol–water partition coefficient (Wildman–Crippen LogP) is 0.837. The number of carbonyl (C=O) groups is 2. The zero-order chi connectivity index (χ0) is 17.5. The number of nitrogens with zero attached hydrogens (tertiary/aromatic N) is 3. The summed E-state index contributed by atoms with van der Waals surface area (Å²) in [6.45, 7) is 2.09. The Hall–Kier alpha value is -2.46. The summed E-state index contributed by atoms with van der Waals surface area (Å²) in [7, 11) is 1.74. The van der Waals surface area contributed by atoms with Gasteiger partial charge in [-0.05, 0) is 6.92 Å². The third-order valence-corrected chi connectivity index (χ3v) is 3.78. The van der Waals surface area contributed by atoms with E-state index in [1.807, 2.05) is 0 Å². The van der Waals surface area contributed by atoms with Crippen LogP contribution in [0.1, 0.15) is 24.3 Å². The fourth-order valence-electron chi connectivity index (χ4n) is 1.87. The largest absolute Gasteiger partial charge is 0.466 e. The Morgan fingerprint density at radius 3 is 2.96 bits per heavy atom. The molecule has 130 valence electrons. The molecule has 1 atom stereocenters. The number of rotatable bonds is 7. The number of hydrogen-bond donors (Lipinski definition) is 3. The topological polar surface area (TPSA) is 118 Å². The molecule has 0 saturated carbocycles. The maximum atomic E-state index is 11.8. The smallest absolute Gasteiger partial charge is 0.321 e. The van der Waals surface area contributed by atoms with E-state index in [-0.39, 0.29) is 18.9 Å². The number of aromatic nitrogens is 3. The van der Waals surface area contributed by atoms with Crippen molar-refractivity contribution in [2.24, 2.45) is 7.05 Å². The number of anilines is 1. The molecule has 0 saturated heterocycles. The third-order valence-electron chi connectivity index (χ3n) is 2.97. The van der Waals surface area contributed by atoms with Crippen LogP contribution >= 0.6 is 11.3 Å². The van der Waals surface area contributed by atoms with Gasteiger partial charge in [0.05, 0.1) is 31.0 Å². The van der Waals surface area contributed by atoms with E-state index in [0.29, 0.717) is 23.0 Å². The summed E-state index contributed by atoms with van der Waals surface area (Å²) < 4.78 is 6.40. The third kappa shape index (κ3) is 5.32. The maximum absolute atomic E-state index is 11.8. The van der Waals surface area contributed by atoms with E-state index in [4.69, 9.17) is 4.74 Å². The van der Waals surface area contributed by atoms with Crippen molar-refractivity contribution in [1.82, 2.24) is 20.1 Å². The summed E-state index contributed by atoms with van der Waals surface area (Å²) >= 11 is 1.21. The van der Waals surface area contributed by atoms with Crippen molar-refractivity contribution in [2.45, 2.75) is 19.4 Å². The van der Waals surface area contributed by atoms with Crippen LogP contribution in [0, 0.1) is 0 Å². The Labute approximate surface area is 142 Å². The van der Waals surface area contributed by atoms with Crippen LogP contribution in [0.3, 0.4) is 0 Å². The standard InChI is InChI=1S/C14H19N5O4S/c1-3-23-12(21)4-10-8-24-14(17-10)18-13(22)15-6-11(20)9-5-16-19(2)7-9/h5,7-8,11,20H,3-4,6H2,1-2H3,(H2,15,17,18,22)/t11-/m1/s1. The van der Waals surface area contributed by atoms with Gasteiger partial charge in [-0.25, -0.2) is 9.78 Å².